The van der Waals surface area contributed by atoms with Gasteiger partial charge in [-0.05, 0) is 25.0 Å². The highest BCUT2D eigenvalue weighted by atomic mass is 35.5. The Kier molecular flexibility index (Phi) is 4.75. The molecule has 1 unspecified atom stereocenters. The van der Waals surface area contributed by atoms with Gasteiger partial charge in [0.05, 0.1) is 16.4 Å². The third kappa shape index (κ3) is 3.17. The highest BCUT2D eigenvalue weighted by molar-refractivity contribution is 6.31. The van der Waals surface area contributed by atoms with Crippen molar-refractivity contribution >= 4 is 11.6 Å². The molecule has 1 heterocycles. The molecule has 4 nitrogen and oxygen atoms in total. The fourth-order valence-corrected chi connectivity index (χ4v) is 2.49. The van der Waals surface area contributed by atoms with E-state index in [1.807, 2.05) is 20.0 Å². The summed E-state index contributed by atoms with van der Waals surface area (Å²) in [5.74, 6) is 5.36. The zero-order chi connectivity index (χ0) is 14.7. The minimum Gasteiger partial charge on any atom is -0.271 e. The van der Waals surface area contributed by atoms with Crippen LogP contribution in [0.3, 0.4) is 0 Å². The quantitative estimate of drug-likeness (QED) is 0.656. The smallest absolute Gasteiger partial charge is 0.126 e. The molecule has 0 saturated carbocycles. The number of hydrazine groups is 1. The summed E-state index contributed by atoms with van der Waals surface area (Å²) in [5, 5.41) is 4.90. The Morgan fingerprint density at radius 3 is 2.65 bits per heavy atom. The Balaban J connectivity index is 2.15. The lowest BCUT2D eigenvalue weighted by molar-refractivity contribution is 0.492. The Morgan fingerprint density at radius 1 is 1.40 bits per heavy atom. The van der Waals surface area contributed by atoms with Crippen molar-refractivity contribution in [1.29, 1.82) is 0 Å². The first-order valence-electron chi connectivity index (χ1n) is 6.40. The number of hydrogen-bond donors (Lipinski definition) is 2. The van der Waals surface area contributed by atoms with Gasteiger partial charge in [0.2, 0.25) is 0 Å². The highest BCUT2D eigenvalue weighted by Crippen LogP contribution is 2.21. The van der Waals surface area contributed by atoms with Gasteiger partial charge in [-0.2, -0.15) is 5.10 Å². The van der Waals surface area contributed by atoms with Crippen molar-refractivity contribution in [3.05, 3.63) is 52.1 Å². The fourth-order valence-electron chi connectivity index (χ4n) is 2.25. The van der Waals surface area contributed by atoms with Crippen molar-refractivity contribution in [2.24, 2.45) is 12.9 Å². The van der Waals surface area contributed by atoms with Gasteiger partial charge in [-0.3, -0.25) is 16.0 Å². The van der Waals surface area contributed by atoms with Crippen LogP contribution in [0.15, 0.2) is 24.3 Å². The maximum Gasteiger partial charge on any atom is 0.126 e. The number of hydrogen-bond acceptors (Lipinski definition) is 3. The summed E-state index contributed by atoms with van der Waals surface area (Å²) in [4.78, 5) is 0. The van der Waals surface area contributed by atoms with E-state index in [-0.39, 0.29) is 11.9 Å². The van der Waals surface area contributed by atoms with E-state index in [1.54, 1.807) is 16.8 Å². The number of aryl methyl sites for hydroxylation is 2. The van der Waals surface area contributed by atoms with Crippen molar-refractivity contribution in [2.75, 3.05) is 0 Å². The molecule has 0 spiro atoms. The topological polar surface area (TPSA) is 55.9 Å². The van der Waals surface area contributed by atoms with Gasteiger partial charge >= 0.3 is 0 Å². The van der Waals surface area contributed by atoms with Gasteiger partial charge in [-0.1, -0.05) is 29.8 Å². The zero-order valence-electron chi connectivity index (χ0n) is 11.5. The van der Waals surface area contributed by atoms with Gasteiger partial charge in [-0.25, -0.2) is 4.39 Å². The SMILES string of the molecule is Cc1nn(C)c(CC(Cc2ccccc2F)NN)c1Cl. The van der Waals surface area contributed by atoms with E-state index in [1.165, 1.54) is 6.07 Å². The molecule has 20 heavy (non-hydrogen) atoms. The van der Waals surface area contributed by atoms with E-state index in [2.05, 4.69) is 10.5 Å². The molecule has 2 rings (SSSR count). The number of benzene rings is 1. The summed E-state index contributed by atoms with van der Waals surface area (Å²) in [6.45, 7) is 1.85. The van der Waals surface area contributed by atoms with Gasteiger partial charge in [0.15, 0.2) is 0 Å². The molecule has 0 bridgehead atoms. The lowest BCUT2D eigenvalue weighted by Crippen LogP contribution is -2.39. The summed E-state index contributed by atoms with van der Waals surface area (Å²) < 4.78 is 15.4. The average Bonchev–Trinajstić information content (AvgIpc) is 2.66. The zero-order valence-corrected chi connectivity index (χ0v) is 12.3. The first-order valence-corrected chi connectivity index (χ1v) is 6.78. The molecule has 0 fully saturated rings. The summed E-state index contributed by atoms with van der Waals surface area (Å²) in [5.41, 5.74) is 5.03. The van der Waals surface area contributed by atoms with Crippen molar-refractivity contribution in [2.45, 2.75) is 25.8 Å². The van der Waals surface area contributed by atoms with Crippen LogP contribution in [0.25, 0.3) is 0 Å². The summed E-state index contributed by atoms with van der Waals surface area (Å²) in [7, 11) is 1.84. The predicted octanol–water partition coefficient (Wildman–Crippen LogP) is 2.14. The Morgan fingerprint density at radius 2 is 2.10 bits per heavy atom. The van der Waals surface area contributed by atoms with E-state index in [0.717, 1.165) is 11.4 Å². The largest absolute Gasteiger partial charge is 0.271 e. The Labute approximate surface area is 122 Å². The Hall–Kier alpha value is -1.43. The molecule has 2 aromatic rings. The lowest BCUT2D eigenvalue weighted by Gasteiger charge is -2.16. The highest BCUT2D eigenvalue weighted by Gasteiger charge is 2.17. The summed E-state index contributed by atoms with van der Waals surface area (Å²) in [6, 6.07) is 6.58. The molecule has 108 valence electrons. The van der Waals surface area contributed by atoms with Crippen LogP contribution in [0.1, 0.15) is 17.0 Å². The van der Waals surface area contributed by atoms with E-state index in [0.29, 0.717) is 23.4 Å². The molecule has 0 radical (unpaired) electrons. The van der Waals surface area contributed by atoms with Crippen molar-refractivity contribution < 1.29 is 4.39 Å². The van der Waals surface area contributed by atoms with Crippen LogP contribution in [-0.2, 0) is 19.9 Å². The second-order valence-electron chi connectivity index (χ2n) is 4.83. The monoisotopic (exact) mass is 296 g/mol. The first kappa shape index (κ1) is 15.0. The van der Waals surface area contributed by atoms with Crippen LogP contribution in [-0.4, -0.2) is 15.8 Å². The molecule has 0 aliphatic rings. The van der Waals surface area contributed by atoms with Crippen LogP contribution in [0.5, 0.6) is 0 Å². The number of halogens is 2. The van der Waals surface area contributed by atoms with E-state index >= 15 is 0 Å². The third-order valence-corrected chi connectivity index (χ3v) is 3.85. The third-order valence-electron chi connectivity index (χ3n) is 3.36. The van der Waals surface area contributed by atoms with Gasteiger partial charge in [0.25, 0.3) is 0 Å². The number of nitrogens with one attached hydrogen (secondary N) is 1. The normalized spacial score (nSPS) is 12.7. The molecule has 0 amide bonds. The minimum absolute atomic E-state index is 0.112. The van der Waals surface area contributed by atoms with Crippen LogP contribution < -0.4 is 11.3 Å². The van der Waals surface area contributed by atoms with Crippen LogP contribution in [0.2, 0.25) is 5.02 Å². The van der Waals surface area contributed by atoms with Crippen molar-refractivity contribution in [1.82, 2.24) is 15.2 Å². The first-order chi connectivity index (χ1) is 9.52. The second-order valence-corrected chi connectivity index (χ2v) is 5.21. The van der Waals surface area contributed by atoms with Crippen LogP contribution in [0.4, 0.5) is 4.39 Å². The van der Waals surface area contributed by atoms with Gasteiger partial charge in [0, 0.05) is 19.5 Å². The summed E-state index contributed by atoms with van der Waals surface area (Å²) in [6.07, 6.45) is 1.07. The molecule has 0 saturated heterocycles. The van der Waals surface area contributed by atoms with E-state index in [9.17, 15) is 4.39 Å². The maximum atomic E-state index is 13.7. The number of aromatic nitrogens is 2. The van der Waals surface area contributed by atoms with Gasteiger partial charge in [0.1, 0.15) is 5.82 Å². The molecule has 3 N–H and O–H groups in total. The van der Waals surface area contributed by atoms with Crippen molar-refractivity contribution in [3.63, 3.8) is 0 Å². The van der Waals surface area contributed by atoms with E-state index in [4.69, 9.17) is 17.4 Å². The van der Waals surface area contributed by atoms with Gasteiger partial charge < -0.3 is 0 Å². The van der Waals surface area contributed by atoms with Crippen LogP contribution >= 0.6 is 11.6 Å². The molecule has 1 aromatic heterocycles. The molecular weight excluding hydrogens is 279 g/mol. The standard InChI is InChI=1S/C14H18ClFN4/c1-9-14(15)13(20(2)19-9)8-11(18-17)7-10-5-3-4-6-12(10)16/h3-6,11,18H,7-8,17H2,1-2H3. The van der Waals surface area contributed by atoms with Crippen LogP contribution in [0, 0.1) is 12.7 Å². The molecule has 6 heteroatoms. The Bertz CT molecular complexity index is 597. The molecule has 0 aliphatic carbocycles. The minimum atomic E-state index is -0.222. The van der Waals surface area contributed by atoms with Gasteiger partial charge in [-0.15, -0.1) is 0 Å². The molecular formula is C14H18ClFN4. The average molecular weight is 297 g/mol. The fraction of sp³-hybridized carbons (Fsp3) is 0.357. The van der Waals surface area contributed by atoms with E-state index < -0.39 is 0 Å². The number of nitrogens with zero attached hydrogens (tertiary/aromatic N) is 2. The predicted molar refractivity (Wildman–Crippen MR) is 77.9 cm³/mol. The molecule has 1 atom stereocenters. The second kappa shape index (κ2) is 6.35. The molecule has 0 aliphatic heterocycles. The summed E-state index contributed by atoms with van der Waals surface area (Å²) >= 11 is 6.22. The lowest BCUT2D eigenvalue weighted by atomic mass is 10.0. The maximum absolute atomic E-state index is 13.7. The van der Waals surface area contributed by atoms with Crippen molar-refractivity contribution in [3.8, 4) is 0 Å². The number of rotatable bonds is 5. The molecule has 1 aromatic carbocycles. The number of nitrogens with two attached hydrogens (primary N) is 1.